The summed E-state index contributed by atoms with van der Waals surface area (Å²) in [7, 11) is -2.50. The lowest BCUT2D eigenvalue weighted by Gasteiger charge is -2.44. The first-order valence-electron chi connectivity index (χ1n) is 11.2. The fraction of sp³-hybridized carbons (Fsp3) is 0.407. The maximum atomic E-state index is 7.04. The van der Waals surface area contributed by atoms with Crippen molar-refractivity contribution < 1.29 is 9.16 Å². The van der Waals surface area contributed by atoms with Gasteiger partial charge in [-0.15, -0.1) is 6.58 Å². The molecule has 2 aromatic rings. The van der Waals surface area contributed by atoms with Gasteiger partial charge in [0.15, 0.2) is 0 Å². The van der Waals surface area contributed by atoms with Gasteiger partial charge in [0.25, 0.3) is 8.32 Å². The fourth-order valence-corrected chi connectivity index (χ4v) is 9.04. The lowest BCUT2D eigenvalue weighted by atomic mass is 10.1. The van der Waals surface area contributed by atoms with E-state index in [1.165, 1.54) is 10.4 Å². The molecule has 30 heavy (non-hydrogen) atoms. The molecule has 1 aliphatic heterocycles. The standard InChI is InChI=1S/C27H36O2Si/c1-5-6-9-15-23-16-14-17-24(29-23)22-28-30(27(2,3)4,25-18-10-7-11-19-25)26-20-12-8-13-21-26/h5,7-8,10-14,16,18-21,23-24H,1,6,9,15,17,22H2,2-4H3/t23-,24-/m0/s1. The molecule has 0 saturated heterocycles. The number of hydrogen-bond donors (Lipinski definition) is 0. The molecule has 2 nitrogen and oxygen atoms in total. The predicted molar refractivity (Wildman–Crippen MR) is 130 cm³/mol. The molecule has 1 heterocycles. The van der Waals surface area contributed by atoms with E-state index in [1.807, 2.05) is 6.08 Å². The first-order valence-corrected chi connectivity index (χ1v) is 13.1. The third-order valence-corrected chi connectivity index (χ3v) is 10.9. The summed E-state index contributed by atoms with van der Waals surface area (Å²) < 4.78 is 13.4. The van der Waals surface area contributed by atoms with Gasteiger partial charge in [0, 0.05) is 0 Å². The maximum absolute atomic E-state index is 7.04. The molecule has 0 amide bonds. The summed E-state index contributed by atoms with van der Waals surface area (Å²) >= 11 is 0. The SMILES string of the molecule is C=CCCC[C@H]1C=CC[C@@H](CO[Si](c2ccccc2)(c2ccccc2)C(C)(C)C)O1. The van der Waals surface area contributed by atoms with E-state index < -0.39 is 8.32 Å². The Balaban J connectivity index is 1.85. The van der Waals surface area contributed by atoms with Gasteiger partial charge in [0.2, 0.25) is 0 Å². The Morgan fingerprint density at radius 2 is 1.63 bits per heavy atom. The van der Waals surface area contributed by atoms with Crippen molar-refractivity contribution in [3.8, 4) is 0 Å². The quantitative estimate of drug-likeness (QED) is 0.297. The molecular weight excluding hydrogens is 384 g/mol. The van der Waals surface area contributed by atoms with Crippen LogP contribution in [-0.4, -0.2) is 27.1 Å². The smallest absolute Gasteiger partial charge is 0.261 e. The van der Waals surface area contributed by atoms with Gasteiger partial charge in [-0.2, -0.15) is 0 Å². The minimum atomic E-state index is -2.50. The molecule has 0 N–H and O–H groups in total. The minimum Gasteiger partial charge on any atom is -0.405 e. The highest BCUT2D eigenvalue weighted by atomic mass is 28.4. The monoisotopic (exact) mass is 420 g/mol. The van der Waals surface area contributed by atoms with Crippen molar-refractivity contribution in [1.29, 1.82) is 0 Å². The molecule has 1 aliphatic rings. The van der Waals surface area contributed by atoms with E-state index in [4.69, 9.17) is 9.16 Å². The maximum Gasteiger partial charge on any atom is 0.261 e. The van der Waals surface area contributed by atoms with Gasteiger partial charge in [-0.25, -0.2) is 0 Å². The van der Waals surface area contributed by atoms with Crippen molar-refractivity contribution in [2.24, 2.45) is 0 Å². The molecular formula is C27H36O2Si. The van der Waals surface area contributed by atoms with Crippen LogP contribution in [0.2, 0.25) is 5.04 Å². The van der Waals surface area contributed by atoms with Crippen LogP contribution >= 0.6 is 0 Å². The number of rotatable bonds is 9. The highest BCUT2D eigenvalue weighted by Crippen LogP contribution is 2.37. The van der Waals surface area contributed by atoms with Crippen molar-refractivity contribution in [3.05, 3.63) is 85.5 Å². The van der Waals surface area contributed by atoms with Crippen LogP contribution in [0.4, 0.5) is 0 Å². The van der Waals surface area contributed by atoms with Gasteiger partial charge >= 0.3 is 0 Å². The van der Waals surface area contributed by atoms with Crippen LogP contribution in [0.1, 0.15) is 46.5 Å². The molecule has 0 spiro atoms. The molecule has 3 heteroatoms. The Kier molecular flexibility index (Phi) is 7.87. The summed E-state index contributed by atoms with van der Waals surface area (Å²) in [5.74, 6) is 0. The number of benzene rings is 2. The largest absolute Gasteiger partial charge is 0.405 e. The first kappa shape index (κ1) is 22.7. The van der Waals surface area contributed by atoms with Crippen molar-refractivity contribution in [2.75, 3.05) is 6.61 Å². The van der Waals surface area contributed by atoms with Crippen LogP contribution in [-0.2, 0) is 9.16 Å². The summed E-state index contributed by atoms with van der Waals surface area (Å²) in [6.45, 7) is 11.4. The van der Waals surface area contributed by atoms with Crippen LogP contribution in [0.25, 0.3) is 0 Å². The molecule has 0 saturated carbocycles. The summed E-state index contributed by atoms with van der Waals surface area (Å²) in [5.41, 5.74) is 0. The second-order valence-electron chi connectivity index (χ2n) is 9.15. The van der Waals surface area contributed by atoms with Crippen LogP contribution in [0.3, 0.4) is 0 Å². The van der Waals surface area contributed by atoms with Crippen molar-refractivity contribution in [1.82, 2.24) is 0 Å². The molecule has 0 aliphatic carbocycles. The summed E-state index contributed by atoms with van der Waals surface area (Å²) in [6, 6.07) is 21.6. The number of ether oxygens (including phenoxy) is 1. The molecule has 2 atom stereocenters. The van der Waals surface area contributed by atoms with Crippen LogP contribution < -0.4 is 10.4 Å². The Morgan fingerprint density at radius 1 is 1.03 bits per heavy atom. The molecule has 0 unspecified atom stereocenters. The Bertz CT molecular complexity index is 768. The molecule has 0 aromatic heterocycles. The van der Waals surface area contributed by atoms with E-state index in [0.717, 1.165) is 25.7 Å². The van der Waals surface area contributed by atoms with Gasteiger partial charge in [0.1, 0.15) is 0 Å². The number of unbranched alkanes of at least 4 members (excludes halogenated alkanes) is 1. The zero-order chi connectivity index (χ0) is 21.5. The number of hydrogen-bond acceptors (Lipinski definition) is 2. The highest BCUT2D eigenvalue weighted by molar-refractivity contribution is 6.99. The lowest BCUT2D eigenvalue weighted by molar-refractivity contribution is -0.0239. The van der Waals surface area contributed by atoms with Crippen LogP contribution in [0, 0.1) is 0 Å². The van der Waals surface area contributed by atoms with Gasteiger partial charge in [-0.3, -0.25) is 0 Å². The molecule has 2 aromatic carbocycles. The predicted octanol–water partition coefficient (Wildman–Crippen LogP) is 5.63. The van der Waals surface area contributed by atoms with E-state index >= 15 is 0 Å². The van der Waals surface area contributed by atoms with E-state index in [1.54, 1.807) is 0 Å². The molecule has 0 bridgehead atoms. The zero-order valence-corrected chi connectivity index (χ0v) is 19.7. The van der Waals surface area contributed by atoms with Crippen molar-refractivity contribution in [3.63, 3.8) is 0 Å². The third-order valence-electron chi connectivity index (χ3n) is 5.92. The van der Waals surface area contributed by atoms with E-state index in [9.17, 15) is 0 Å². The van der Waals surface area contributed by atoms with E-state index in [2.05, 4.69) is 100 Å². The third kappa shape index (κ3) is 5.21. The van der Waals surface area contributed by atoms with Gasteiger partial charge in [-0.05, 0) is 41.1 Å². The molecule has 3 rings (SSSR count). The summed E-state index contributed by atoms with van der Waals surface area (Å²) in [4.78, 5) is 0. The lowest BCUT2D eigenvalue weighted by Crippen LogP contribution is -2.67. The van der Waals surface area contributed by atoms with E-state index in [-0.39, 0.29) is 17.2 Å². The van der Waals surface area contributed by atoms with Gasteiger partial charge < -0.3 is 9.16 Å². The van der Waals surface area contributed by atoms with Crippen molar-refractivity contribution in [2.45, 2.75) is 63.7 Å². The second kappa shape index (κ2) is 10.4. The zero-order valence-electron chi connectivity index (χ0n) is 18.7. The molecule has 0 fully saturated rings. The minimum absolute atomic E-state index is 0.0103. The average molecular weight is 421 g/mol. The Labute approximate surface area is 183 Å². The average Bonchev–Trinajstić information content (AvgIpc) is 2.75. The Hall–Kier alpha value is -1.94. The number of allylic oxidation sites excluding steroid dienone is 1. The van der Waals surface area contributed by atoms with Crippen molar-refractivity contribution >= 4 is 18.7 Å². The Morgan fingerprint density at radius 3 is 2.17 bits per heavy atom. The first-order chi connectivity index (χ1) is 14.5. The van der Waals surface area contributed by atoms with Crippen LogP contribution in [0.15, 0.2) is 85.5 Å². The van der Waals surface area contributed by atoms with Crippen LogP contribution in [0.5, 0.6) is 0 Å². The fourth-order valence-electron chi connectivity index (χ4n) is 4.44. The molecule has 160 valence electrons. The summed E-state index contributed by atoms with van der Waals surface area (Å²) in [5, 5.41) is 2.62. The van der Waals surface area contributed by atoms with Gasteiger partial charge in [-0.1, -0.05) is 99.7 Å². The highest BCUT2D eigenvalue weighted by Gasteiger charge is 2.50. The molecule has 0 radical (unpaired) electrons. The van der Waals surface area contributed by atoms with E-state index in [0.29, 0.717) is 6.61 Å². The topological polar surface area (TPSA) is 18.5 Å². The summed E-state index contributed by atoms with van der Waals surface area (Å²) in [6.07, 6.45) is 10.9. The second-order valence-corrected chi connectivity index (χ2v) is 13.5. The van der Waals surface area contributed by atoms with Gasteiger partial charge in [0.05, 0.1) is 18.8 Å². The normalized spacial score (nSPS) is 19.6.